The topological polar surface area (TPSA) is 36.0 Å². The minimum absolute atomic E-state index is 0.154. The molecule has 2 saturated heterocycles. The molecule has 2 aliphatic heterocycles. The first-order valence-electron chi connectivity index (χ1n) is 9.65. The Kier molecular flexibility index (Phi) is 7.00. The highest BCUT2D eigenvalue weighted by molar-refractivity contribution is 5.78. The fourth-order valence-corrected chi connectivity index (χ4v) is 3.90. The van der Waals surface area contributed by atoms with Crippen LogP contribution in [0.2, 0.25) is 0 Å². The van der Waals surface area contributed by atoms with Crippen molar-refractivity contribution in [3.05, 3.63) is 35.6 Å². The first-order valence-corrected chi connectivity index (χ1v) is 9.65. The average molecular weight is 363 g/mol. The van der Waals surface area contributed by atoms with Gasteiger partial charge in [-0.25, -0.2) is 4.39 Å². The van der Waals surface area contributed by atoms with Crippen LogP contribution in [-0.2, 0) is 16.1 Å². The molecular weight excluding hydrogens is 333 g/mol. The van der Waals surface area contributed by atoms with Crippen LogP contribution in [0.4, 0.5) is 4.39 Å². The number of likely N-dealkylation sites (N-methyl/N-ethyl adjacent to an activating group) is 1. The molecule has 0 unspecified atom stereocenters. The average Bonchev–Trinajstić information content (AvgIpc) is 2.65. The lowest BCUT2D eigenvalue weighted by Gasteiger charge is -2.40. The number of amides is 1. The Labute approximate surface area is 155 Å². The number of morpholine rings is 1. The summed E-state index contributed by atoms with van der Waals surface area (Å²) in [4.78, 5) is 19.2. The van der Waals surface area contributed by atoms with Gasteiger partial charge in [0.15, 0.2) is 0 Å². The van der Waals surface area contributed by atoms with E-state index in [9.17, 15) is 9.18 Å². The Hall–Kier alpha value is -1.50. The number of hydrogen-bond acceptors (Lipinski definition) is 4. The van der Waals surface area contributed by atoms with Crippen LogP contribution < -0.4 is 0 Å². The standard InChI is InChI=1S/C20H30FN3O2/c1-22(14-17-6-2-3-8-19(17)21)16-20(25)24-9-5-4-7-18(24)15-23-10-12-26-13-11-23/h2-3,6,8,18H,4-5,7,9-16H2,1H3/t18-/m1/s1. The van der Waals surface area contributed by atoms with Crippen molar-refractivity contribution in [3.8, 4) is 0 Å². The number of nitrogens with zero attached hydrogens (tertiary/aromatic N) is 3. The molecule has 26 heavy (non-hydrogen) atoms. The van der Waals surface area contributed by atoms with E-state index in [-0.39, 0.29) is 17.8 Å². The van der Waals surface area contributed by atoms with Crippen molar-refractivity contribution in [2.45, 2.75) is 31.8 Å². The molecule has 5 nitrogen and oxygen atoms in total. The number of ether oxygens (including phenoxy) is 1. The van der Waals surface area contributed by atoms with Crippen LogP contribution >= 0.6 is 0 Å². The van der Waals surface area contributed by atoms with Gasteiger partial charge in [-0.05, 0) is 32.4 Å². The second kappa shape index (κ2) is 9.44. The van der Waals surface area contributed by atoms with E-state index in [0.717, 1.165) is 52.2 Å². The highest BCUT2D eigenvalue weighted by Crippen LogP contribution is 2.19. The summed E-state index contributed by atoms with van der Waals surface area (Å²) in [6, 6.07) is 7.05. The highest BCUT2D eigenvalue weighted by Gasteiger charge is 2.29. The maximum Gasteiger partial charge on any atom is 0.237 e. The summed E-state index contributed by atoms with van der Waals surface area (Å²) in [6.45, 7) is 6.01. The first-order chi connectivity index (χ1) is 12.6. The van der Waals surface area contributed by atoms with E-state index in [2.05, 4.69) is 9.80 Å². The zero-order chi connectivity index (χ0) is 18.4. The number of carbonyl (C=O) groups is 1. The molecule has 1 aromatic carbocycles. The quantitative estimate of drug-likeness (QED) is 0.774. The fourth-order valence-electron chi connectivity index (χ4n) is 3.90. The molecule has 1 aromatic rings. The zero-order valence-electron chi connectivity index (χ0n) is 15.7. The summed E-state index contributed by atoms with van der Waals surface area (Å²) in [6.07, 6.45) is 3.33. The Morgan fingerprint density at radius 3 is 2.77 bits per heavy atom. The number of carbonyl (C=O) groups excluding carboxylic acids is 1. The molecule has 0 bridgehead atoms. The van der Waals surface area contributed by atoms with Gasteiger partial charge in [0.2, 0.25) is 5.91 Å². The van der Waals surface area contributed by atoms with Crippen LogP contribution in [-0.4, -0.2) is 79.6 Å². The monoisotopic (exact) mass is 363 g/mol. The van der Waals surface area contributed by atoms with Gasteiger partial charge in [-0.3, -0.25) is 14.6 Å². The zero-order valence-corrected chi connectivity index (χ0v) is 15.7. The third-order valence-corrected chi connectivity index (χ3v) is 5.32. The Morgan fingerprint density at radius 1 is 1.23 bits per heavy atom. The van der Waals surface area contributed by atoms with E-state index >= 15 is 0 Å². The Balaban J connectivity index is 1.54. The number of piperidine rings is 1. The maximum atomic E-state index is 13.8. The number of likely N-dealkylation sites (tertiary alicyclic amines) is 1. The van der Waals surface area contributed by atoms with Crippen molar-refractivity contribution < 1.29 is 13.9 Å². The summed E-state index contributed by atoms with van der Waals surface area (Å²) in [7, 11) is 1.88. The third kappa shape index (κ3) is 5.25. The van der Waals surface area contributed by atoms with Crippen LogP contribution in [0.3, 0.4) is 0 Å². The van der Waals surface area contributed by atoms with Crippen molar-refractivity contribution in [1.29, 1.82) is 0 Å². The maximum absolute atomic E-state index is 13.8. The molecule has 1 atom stereocenters. The number of halogens is 1. The van der Waals surface area contributed by atoms with Crippen molar-refractivity contribution in [2.24, 2.45) is 0 Å². The molecule has 2 fully saturated rings. The summed E-state index contributed by atoms with van der Waals surface area (Å²) in [5.41, 5.74) is 0.631. The van der Waals surface area contributed by atoms with Gasteiger partial charge in [-0.2, -0.15) is 0 Å². The van der Waals surface area contributed by atoms with E-state index in [1.165, 1.54) is 12.5 Å². The summed E-state index contributed by atoms with van der Waals surface area (Å²) in [5.74, 6) is -0.0586. The fraction of sp³-hybridized carbons (Fsp3) is 0.650. The van der Waals surface area contributed by atoms with E-state index in [1.54, 1.807) is 12.1 Å². The van der Waals surface area contributed by atoms with Crippen molar-refractivity contribution >= 4 is 5.91 Å². The third-order valence-electron chi connectivity index (χ3n) is 5.32. The predicted octanol–water partition coefficient (Wildman–Crippen LogP) is 1.97. The van der Waals surface area contributed by atoms with Crippen molar-refractivity contribution in [3.63, 3.8) is 0 Å². The largest absolute Gasteiger partial charge is 0.379 e. The van der Waals surface area contributed by atoms with Crippen LogP contribution in [0.25, 0.3) is 0 Å². The molecule has 1 amide bonds. The van der Waals surface area contributed by atoms with E-state index in [1.807, 2.05) is 18.0 Å². The Bertz CT molecular complexity index is 592. The lowest BCUT2D eigenvalue weighted by Crippen LogP contribution is -2.53. The van der Waals surface area contributed by atoms with Crippen LogP contribution in [0.15, 0.2) is 24.3 Å². The van der Waals surface area contributed by atoms with Crippen molar-refractivity contribution in [2.75, 3.05) is 53.0 Å². The van der Waals surface area contributed by atoms with E-state index in [0.29, 0.717) is 18.7 Å². The highest BCUT2D eigenvalue weighted by atomic mass is 19.1. The van der Waals surface area contributed by atoms with Gasteiger partial charge in [0.05, 0.1) is 19.8 Å². The van der Waals surface area contributed by atoms with E-state index in [4.69, 9.17) is 4.74 Å². The number of benzene rings is 1. The summed E-state index contributed by atoms with van der Waals surface area (Å²) in [5, 5.41) is 0. The normalized spacial score (nSPS) is 22.0. The van der Waals surface area contributed by atoms with Crippen molar-refractivity contribution in [1.82, 2.24) is 14.7 Å². The Morgan fingerprint density at radius 2 is 2.00 bits per heavy atom. The lowest BCUT2D eigenvalue weighted by molar-refractivity contribution is -0.136. The molecule has 0 radical (unpaired) electrons. The molecule has 2 aliphatic rings. The van der Waals surface area contributed by atoms with Gasteiger partial charge < -0.3 is 9.64 Å². The SMILES string of the molecule is CN(CC(=O)N1CCCC[C@@H]1CN1CCOCC1)Cc1ccccc1F. The minimum Gasteiger partial charge on any atom is -0.379 e. The summed E-state index contributed by atoms with van der Waals surface area (Å²) >= 11 is 0. The second-order valence-corrected chi connectivity index (χ2v) is 7.41. The molecule has 6 heteroatoms. The second-order valence-electron chi connectivity index (χ2n) is 7.41. The van der Waals surface area contributed by atoms with Gasteiger partial charge in [0, 0.05) is 44.3 Å². The molecule has 0 aromatic heterocycles. The van der Waals surface area contributed by atoms with E-state index < -0.39 is 0 Å². The van der Waals surface area contributed by atoms with Crippen LogP contribution in [0, 0.1) is 5.82 Å². The first kappa shape index (κ1) is 19.3. The molecule has 0 N–H and O–H groups in total. The molecule has 3 rings (SSSR count). The summed E-state index contributed by atoms with van der Waals surface area (Å²) < 4.78 is 19.2. The predicted molar refractivity (Wildman–Crippen MR) is 99.3 cm³/mol. The smallest absolute Gasteiger partial charge is 0.237 e. The molecule has 0 aliphatic carbocycles. The van der Waals surface area contributed by atoms with Gasteiger partial charge in [0.25, 0.3) is 0 Å². The lowest BCUT2D eigenvalue weighted by atomic mass is 10.0. The van der Waals surface area contributed by atoms with Crippen LogP contribution in [0.1, 0.15) is 24.8 Å². The van der Waals surface area contributed by atoms with Gasteiger partial charge in [-0.1, -0.05) is 18.2 Å². The molecular formula is C20H30FN3O2. The molecule has 0 saturated carbocycles. The number of hydrogen-bond donors (Lipinski definition) is 0. The molecule has 2 heterocycles. The minimum atomic E-state index is -0.213. The van der Waals surface area contributed by atoms with Gasteiger partial charge >= 0.3 is 0 Å². The number of rotatable bonds is 6. The van der Waals surface area contributed by atoms with Crippen LogP contribution in [0.5, 0.6) is 0 Å². The van der Waals surface area contributed by atoms with Gasteiger partial charge in [-0.15, -0.1) is 0 Å². The molecule has 0 spiro atoms. The van der Waals surface area contributed by atoms with Gasteiger partial charge in [0.1, 0.15) is 5.82 Å². The molecule has 144 valence electrons.